The van der Waals surface area contributed by atoms with Crippen LogP contribution in [0.2, 0.25) is 0 Å². The molecule has 0 radical (unpaired) electrons. The standard InChI is InChI=1S/C21H30/c1-5-6-9-12-18(2)17-19(3)15-16-20(4)21-13-10-7-8-11-14-21/h5-7,10-14,19H,4,8-9,15-17H2,1-3H3/b6-5-,18-12-. The van der Waals surface area contributed by atoms with Crippen LogP contribution in [0, 0.1) is 5.92 Å². The lowest BCUT2D eigenvalue weighted by molar-refractivity contribution is 0.528. The van der Waals surface area contributed by atoms with Crippen LogP contribution < -0.4 is 0 Å². The van der Waals surface area contributed by atoms with Gasteiger partial charge in [0.05, 0.1) is 0 Å². The molecule has 0 aromatic rings. The van der Waals surface area contributed by atoms with Gasteiger partial charge in [0, 0.05) is 0 Å². The summed E-state index contributed by atoms with van der Waals surface area (Å²) in [5.74, 6) is 0.717. The molecule has 114 valence electrons. The van der Waals surface area contributed by atoms with Gasteiger partial charge in [-0.25, -0.2) is 0 Å². The molecule has 0 aromatic heterocycles. The molecule has 0 N–H and O–H groups in total. The highest BCUT2D eigenvalue weighted by atomic mass is 14.1. The zero-order valence-electron chi connectivity index (χ0n) is 13.9. The molecule has 0 spiro atoms. The number of allylic oxidation sites excluding steroid dienone is 11. The minimum absolute atomic E-state index is 0.717. The van der Waals surface area contributed by atoms with Crippen molar-refractivity contribution >= 4 is 0 Å². The van der Waals surface area contributed by atoms with Crippen molar-refractivity contribution in [2.24, 2.45) is 5.92 Å². The van der Waals surface area contributed by atoms with E-state index in [0.29, 0.717) is 0 Å². The summed E-state index contributed by atoms with van der Waals surface area (Å²) in [4.78, 5) is 0. The van der Waals surface area contributed by atoms with Gasteiger partial charge >= 0.3 is 0 Å². The van der Waals surface area contributed by atoms with E-state index in [1.165, 1.54) is 29.6 Å². The number of hydrogen-bond donors (Lipinski definition) is 0. The molecule has 1 unspecified atom stereocenters. The summed E-state index contributed by atoms with van der Waals surface area (Å²) in [5.41, 5.74) is 4.05. The van der Waals surface area contributed by atoms with E-state index in [9.17, 15) is 0 Å². The van der Waals surface area contributed by atoms with Crippen molar-refractivity contribution in [1.29, 1.82) is 0 Å². The van der Waals surface area contributed by atoms with E-state index in [-0.39, 0.29) is 0 Å². The largest absolute Gasteiger partial charge is 0.0952 e. The van der Waals surface area contributed by atoms with E-state index in [4.69, 9.17) is 0 Å². The van der Waals surface area contributed by atoms with Crippen LogP contribution in [-0.4, -0.2) is 0 Å². The lowest BCUT2D eigenvalue weighted by Crippen LogP contribution is -1.97. The fourth-order valence-electron chi connectivity index (χ4n) is 2.52. The van der Waals surface area contributed by atoms with Gasteiger partial charge in [-0.3, -0.25) is 0 Å². The summed E-state index contributed by atoms with van der Waals surface area (Å²) in [7, 11) is 0. The van der Waals surface area contributed by atoms with Crippen LogP contribution in [0.5, 0.6) is 0 Å². The Morgan fingerprint density at radius 3 is 2.95 bits per heavy atom. The second-order valence-corrected chi connectivity index (χ2v) is 5.99. The quantitative estimate of drug-likeness (QED) is 0.434. The Balaban J connectivity index is 2.37. The first-order valence-corrected chi connectivity index (χ1v) is 8.11. The van der Waals surface area contributed by atoms with Gasteiger partial charge in [-0.2, -0.15) is 0 Å². The molecule has 0 saturated carbocycles. The molecule has 1 aliphatic rings. The Hall–Kier alpha value is -1.56. The third-order valence-corrected chi connectivity index (χ3v) is 3.84. The smallest absolute Gasteiger partial charge is 0.0163 e. The molecule has 1 aliphatic carbocycles. The van der Waals surface area contributed by atoms with Gasteiger partial charge in [0.15, 0.2) is 0 Å². The van der Waals surface area contributed by atoms with Crippen LogP contribution in [0.4, 0.5) is 0 Å². The Morgan fingerprint density at radius 1 is 1.38 bits per heavy atom. The minimum Gasteiger partial charge on any atom is -0.0952 e. The maximum atomic E-state index is 4.25. The Morgan fingerprint density at radius 2 is 2.19 bits per heavy atom. The molecule has 0 aromatic carbocycles. The van der Waals surface area contributed by atoms with Crippen LogP contribution in [-0.2, 0) is 0 Å². The van der Waals surface area contributed by atoms with Gasteiger partial charge in [-0.1, -0.05) is 67.7 Å². The molecule has 0 heteroatoms. The number of rotatable bonds is 8. The number of hydrogen-bond acceptors (Lipinski definition) is 0. The van der Waals surface area contributed by atoms with E-state index in [1.807, 2.05) is 0 Å². The zero-order valence-corrected chi connectivity index (χ0v) is 13.9. The maximum Gasteiger partial charge on any atom is -0.0163 e. The molecule has 1 atom stereocenters. The SMILES string of the molecule is C=C(CCC(C)C/C(C)=C\C/C=C\C)C1=CC=CCC=C1. The lowest BCUT2D eigenvalue weighted by Gasteiger charge is -2.13. The van der Waals surface area contributed by atoms with Crippen molar-refractivity contribution in [3.63, 3.8) is 0 Å². The van der Waals surface area contributed by atoms with Crippen molar-refractivity contribution in [1.82, 2.24) is 0 Å². The van der Waals surface area contributed by atoms with Gasteiger partial charge in [-0.15, -0.1) is 0 Å². The Kier molecular flexibility index (Phi) is 8.50. The summed E-state index contributed by atoms with van der Waals surface area (Å²) < 4.78 is 0. The van der Waals surface area contributed by atoms with Crippen LogP contribution in [0.1, 0.15) is 52.9 Å². The van der Waals surface area contributed by atoms with Gasteiger partial charge in [0.1, 0.15) is 0 Å². The van der Waals surface area contributed by atoms with Crippen molar-refractivity contribution < 1.29 is 0 Å². The molecule has 21 heavy (non-hydrogen) atoms. The first kappa shape index (κ1) is 17.5. The molecular weight excluding hydrogens is 252 g/mol. The molecule has 0 nitrogen and oxygen atoms in total. The van der Waals surface area contributed by atoms with Crippen molar-refractivity contribution in [3.8, 4) is 0 Å². The van der Waals surface area contributed by atoms with Gasteiger partial charge < -0.3 is 0 Å². The summed E-state index contributed by atoms with van der Waals surface area (Å²) in [6.07, 6.45) is 23.1. The fourth-order valence-corrected chi connectivity index (χ4v) is 2.52. The molecule has 1 rings (SSSR count). The van der Waals surface area contributed by atoms with Crippen molar-refractivity contribution in [2.75, 3.05) is 0 Å². The molecular formula is C21H30. The van der Waals surface area contributed by atoms with Crippen LogP contribution in [0.3, 0.4) is 0 Å². The monoisotopic (exact) mass is 282 g/mol. The maximum absolute atomic E-state index is 4.25. The summed E-state index contributed by atoms with van der Waals surface area (Å²) in [5, 5.41) is 0. The van der Waals surface area contributed by atoms with Crippen molar-refractivity contribution in [3.05, 3.63) is 71.9 Å². The van der Waals surface area contributed by atoms with Gasteiger partial charge in [0.2, 0.25) is 0 Å². The zero-order chi connectivity index (χ0) is 15.5. The molecule has 0 fully saturated rings. The second-order valence-electron chi connectivity index (χ2n) is 5.99. The van der Waals surface area contributed by atoms with E-state index in [2.05, 4.69) is 76.0 Å². The van der Waals surface area contributed by atoms with E-state index in [0.717, 1.165) is 25.2 Å². The molecule has 0 amide bonds. The van der Waals surface area contributed by atoms with Crippen LogP contribution >= 0.6 is 0 Å². The molecule has 0 bridgehead atoms. The van der Waals surface area contributed by atoms with Crippen LogP contribution in [0.15, 0.2) is 71.9 Å². The predicted octanol–water partition coefficient (Wildman–Crippen LogP) is 6.70. The summed E-state index contributed by atoms with van der Waals surface area (Å²) in [6.45, 7) is 10.9. The lowest BCUT2D eigenvalue weighted by atomic mass is 9.92. The normalized spacial score (nSPS) is 16.9. The average molecular weight is 282 g/mol. The predicted molar refractivity (Wildman–Crippen MR) is 96.3 cm³/mol. The fraction of sp³-hybridized carbons (Fsp3) is 0.429. The first-order chi connectivity index (χ1) is 10.1. The highest BCUT2D eigenvalue weighted by Gasteiger charge is 2.06. The van der Waals surface area contributed by atoms with Gasteiger partial charge in [-0.05, 0) is 63.0 Å². The first-order valence-electron chi connectivity index (χ1n) is 8.11. The second kappa shape index (κ2) is 10.2. The Bertz CT molecular complexity index is 466. The summed E-state index contributed by atoms with van der Waals surface area (Å²) in [6, 6.07) is 0. The Labute approximate surface area is 131 Å². The molecule has 0 heterocycles. The topological polar surface area (TPSA) is 0 Å². The van der Waals surface area contributed by atoms with E-state index < -0.39 is 0 Å². The highest BCUT2D eigenvalue weighted by molar-refractivity contribution is 5.41. The minimum atomic E-state index is 0.717. The average Bonchev–Trinajstić information content (AvgIpc) is 2.74. The van der Waals surface area contributed by atoms with E-state index >= 15 is 0 Å². The highest BCUT2D eigenvalue weighted by Crippen LogP contribution is 2.23. The third-order valence-electron chi connectivity index (χ3n) is 3.84. The molecule has 0 saturated heterocycles. The summed E-state index contributed by atoms with van der Waals surface area (Å²) >= 11 is 0. The van der Waals surface area contributed by atoms with E-state index in [1.54, 1.807) is 0 Å². The van der Waals surface area contributed by atoms with Crippen molar-refractivity contribution in [2.45, 2.75) is 52.9 Å². The third kappa shape index (κ3) is 7.70. The molecule has 0 aliphatic heterocycles. The van der Waals surface area contributed by atoms with Crippen LogP contribution in [0.25, 0.3) is 0 Å². The van der Waals surface area contributed by atoms with Gasteiger partial charge in [0.25, 0.3) is 0 Å².